The van der Waals surface area contributed by atoms with Crippen LogP contribution in [0.3, 0.4) is 0 Å². The Labute approximate surface area is 111 Å². The Kier molecular flexibility index (Phi) is 5.21. The Bertz CT molecular complexity index is 355. The van der Waals surface area contributed by atoms with Crippen LogP contribution in [-0.4, -0.2) is 41.8 Å². The molecule has 0 aromatic carbocycles. The summed E-state index contributed by atoms with van der Waals surface area (Å²) < 4.78 is 26.0. The van der Waals surface area contributed by atoms with Crippen LogP contribution in [-0.2, 0) is 10.0 Å². The maximum absolute atomic E-state index is 12.6. The van der Waals surface area contributed by atoms with E-state index in [0.717, 1.165) is 25.7 Å². The van der Waals surface area contributed by atoms with Crippen molar-refractivity contribution >= 4 is 10.0 Å². The van der Waals surface area contributed by atoms with E-state index in [-0.39, 0.29) is 12.6 Å². The van der Waals surface area contributed by atoms with Gasteiger partial charge in [-0.05, 0) is 46.0 Å². The zero-order valence-corrected chi connectivity index (χ0v) is 12.8. The number of sulfonamides is 1. The van der Waals surface area contributed by atoms with Gasteiger partial charge in [0.1, 0.15) is 0 Å². The second-order valence-corrected chi connectivity index (χ2v) is 8.90. The van der Waals surface area contributed by atoms with Crippen molar-refractivity contribution in [3.05, 3.63) is 0 Å². The highest BCUT2D eigenvalue weighted by Gasteiger charge is 2.41. The van der Waals surface area contributed by atoms with Gasteiger partial charge in [-0.2, -0.15) is 4.31 Å². The molecular weight excluding hydrogens is 250 g/mol. The molecule has 0 amide bonds. The van der Waals surface area contributed by atoms with Gasteiger partial charge in [0.15, 0.2) is 0 Å². The molecule has 0 unspecified atom stereocenters. The van der Waals surface area contributed by atoms with Gasteiger partial charge in [-0.15, -0.1) is 0 Å². The second-order valence-electron chi connectivity index (χ2n) is 6.26. The van der Waals surface area contributed by atoms with Crippen molar-refractivity contribution in [1.82, 2.24) is 4.31 Å². The first kappa shape index (κ1) is 15.9. The molecule has 1 aliphatic rings. The highest BCUT2D eigenvalue weighted by Crippen LogP contribution is 2.34. The van der Waals surface area contributed by atoms with Crippen molar-refractivity contribution in [2.24, 2.45) is 5.92 Å². The van der Waals surface area contributed by atoms with Crippen LogP contribution in [0.5, 0.6) is 0 Å². The van der Waals surface area contributed by atoms with Gasteiger partial charge in [0.05, 0.1) is 11.4 Å². The van der Waals surface area contributed by atoms with E-state index in [1.165, 1.54) is 0 Å². The lowest BCUT2D eigenvalue weighted by atomic mass is 10.2. The average molecular weight is 277 g/mol. The molecule has 0 saturated heterocycles. The lowest BCUT2D eigenvalue weighted by Gasteiger charge is -2.35. The number of aliphatic hydroxyl groups is 1. The molecule has 0 aromatic rings. The van der Waals surface area contributed by atoms with Crippen molar-refractivity contribution in [1.29, 1.82) is 0 Å². The van der Waals surface area contributed by atoms with Gasteiger partial charge >= 0.3 is 0 Å². The quantitative estimate of drug-likeness (QED) is 0.774. The summed E-state index contributed by atoms with van der Waals surface area (Å²) in [5.74, 6) is 0.494. The molecule has 0 heterocycles. The Hall–Kier alpha value is -0.130. The highest BCUT2D eigenvalue weighted by molar-refractivity contribution is 7.90. The predicted octanol–water partition coefficient (Wildman–Crippen LogP) is 1.99. The lowest BCUT2D eigenvalue weighted by molar-refractivity contribution is 0.173. The van der Waals surface area contributed by atoms with Crippen LogP contribution >= 0.6 is 0 Å². The maximum atomic E-state index is 12.6. The monoisotopic (exact) mass is 277 g/mol. The molecule has 1 rings (SSSR count). The fourth-order valence-corrected chi connectivity index (χ4v) is 3.68. The fraction of sp³-hybridized carbons (Fsp3) is 1.00. The number of rotatable bonds is 7. The van der Waals surface area contributed by atoms with Gasteiger partial charge in [-0.3, -0.25) is 0 Å². The molecular formula is C13H27NO3S. The van der Waals surface area contributed by atoms with Gasteiger partial charge in [0.2, 0.25) is 10.0 Å². The summed E-state index contributed by atoms with van der Waals surface area (Å²) in [5.41, 5.74) is 0. The molecule has 1 saturated carbocycles. The molecule has 0 aromatic heterocycles. The van der Waals surface area contributed by atoms with Crippen molar-refractivity contribution in [2.45, 2.75) is 64.2 Å². The first-order valence-corrected chi connectivity index (χ1v) is 8.30. The van der Waals surface area contributed by atoms with E-state index in [9.17, 15) is 13.5 Å². The zero-order chi connectivity index (χ0) is 14.0. The molecule has 0 bridgehead atoms. The minimum Gasteiger partial charge on any atom is -0.395 e. The minimum absolute atomic E-state index is 0.0874. The third kappa shape index (κ3) is 3.68. The lowest BCUT2D eigenvalue weighted by Crippen LogP contribution is -2.50. The van der Waals surface area contributed by atoms with Crippen LogP contribution in [0.4, 0.5) is 0 Å². The van der Waals surface area contributed by atoms with Crippen LogP contribution in [0.2, 0.25) is 0 Å². The van der Waals surface area contributed by atoms with Crippen LogP contribution in [0.1, 0.15) is 53.4 Å². The molecule has 0 aliphatic heterocycles. The van der Waals surface area contributed by atoms with Crippen molar-refractivity contribution < 1.29 is 13.5 Å². The zero-order valence-electron chi connectivity index (χ0n) is 12.0. The van der Waals surface area contributed by atoms with Gasteiger partial charge in [0.25, 0.3) is 0 Å². The molecule has 5 heteroatoms. The van der Waals surface area contributed by atoms with Crippen LogP contribution < -0.4 is 0 Å². The second kappa shape index (κ2) is 5.88. The molecule has 1 fully saturated rings. The summed E-state index contributed by atoms with van der Waals surface area (Å²) in [7, 11) is -3.35. The number of nitrogens with zero attached hydrogens (tertiary/aromatic N) is 1. The number of hydrogen-bond acceptors (Lipinski definition) is 3. The maximum Gasteiger partial charge on any atom is 0.219 e. The largest absolute Gasteiger partial charge is 0.395 e. The van der Waals surface area contributed by atoms with Crippen LogP contribution in [0.15, 0.2) is 0 Å². The predicted molar refractivity (Wildman–Crippen MR) is 73.9 cm³/mol. The standard InChI is InChI=1S/C13H27NO3S/c1-5-6-12(10-15)14(9-11-7-8-11)18(16,17)13(2,3)4/h11-12,15H,5-10H2,1-4H3/t12-/m1/s1. The summed E-state index contributed by atoms with van der Waals surface area (Å²) >= 11 is 0. The van der Waals surface area contributed by atoms with Gasteiger partial charge in [-0.1, -0.05) is 13.3 Å². The number of aliphatic hydroxyl groups excluding tert-OH is 1. The molecule has 18 heavy (non-hydrogen) atoms. The molecule has 1 N–H and O–H groups in total. The van der Waals surface area contributed by atoms with Gasteiger partial charge in [-0.25, -0.2) is 8.42 Å². The Morgan fingerprint density at radius 1 is 1.33 bits per heavy atom. The molecule has 0 radical (unpaired) electrons. The van der Waals surface area contributed by atoms with E-state index in [4.69, 9.17) is 0 Å². The third-order valence-corrected chi connectivity index (χ3v) is 6.07. The summed E-state index contributed by atoms with van der Waals surface area (Å²) in [6.07, 6.45) is 3.82. The van der Waals surface area contributed by atoms with Crippen LogP contribution in [0, 0.1) is 5.92 Å². The molecule has 1 aliphatic carbocycles. The molecule has 1 atom stereocenters. The fourth-order valence-electron chi connectivity index (χ4n) is 2.01. The molecule has 4 nitrogen and oxygen atoms in total. The first-order valence-electron chi connectivity index (χ1n) is 6.86. The molecule has 108 valence electrons. The SMILES string of the molecule is CCC[C@H](CO)N(CC1CC1)S(=O)(=O)C(C)(C)C. The van der Waals surface area contributed by atoms with Crippen LogP contribution in [0.25, 0.3) is 0 Å². The average Bonchev–Trinajstić information content (AvgIpc) is 3.05. The smallest absolute Gasteiger partial charge is 0.219 e. The van der Waals surface area contributed by atoms with Gasteiger partial charge < -0.3 is 5.11 Å². The minimum atomic E-state index is -3.35. The summed E-state index contributed by atoms with van der Waals surface area (Å²) in [6.45, 7) is 7.68. The van der Waals surface area contributed by atoms with Gasteiger partial charge in [0, 0.05) is 12.6 Å². The third-order valence-electron chi connectivity index (χ3n) is 3.46. The Morgan fingerprint density at radius 3 is 2.22 bits per heavy atom. The Balaban J connectivity index is 2.95. The summed E-state index contributed by atoms with van der Waals surface area (Å²) in [4.78, 5) is 0. The van der Waals surface area contributed by atoms with E-state index in [1.54, 1.807) is 25.1 Å². The number of hydrogen-bond donors (Lipinski definition) is 1. The van der Waals surface area contributed by atoms with E-state index in [1.807, 2.05) is 6.92 Å². The van der Waals surface area contributed by atoms with E-state index < -0.39 is 14.8 Å². The summed E-state index contributed by atoms with van der Waals surface area (Å²) in [5, 5.41) is 9.48. The summed E-state index contributed by atoms with van der Waals surface area (Å²) in [6, 6.07) is -0.264. The highest BCUT2D eigenvalue weighted by atomic mass is 32.2. The molecule has 0 spiro atoms. The first-order chi connectivity index (χ1) is 8.24. The Morgan fingerprint density at radius 2 is 1.89 bits per heavy atom. The van der Waals surface area contributed by atoms with E-state index >= 15 is 0 Å². The van der Waals surface area contributed by atoms with E-state index in [0.29, 0.717) is 12.5 Å². The normalized spacial score (nSPS) is 19.2. The van der Waals surface area contributed by atoms with Crippen molar-refractivity contribution in [2.75, 3.05) is 13.2 Å². The van der Waals surface area contributed by atoms with Crippen molar-refractivity contribution in [3.63, 3.8) is 0 Å². The topological polar surface area (TPSA) is 57.6 Å². The van der Waals surface area contributed by atoms with E-state index in [2.05, 4.69) is 0 Å². The van der Waals surface area contributed by atoms with Crippen molar-refractivity contribution in [3.8, 4) is 0 Å².